The van der Waals surface area contributed by atoms with E-state index in [0.29, 0.717) is 5.75 Å². The first-order chi connectivity index (χ1) is 11.8. The van der Waals surface area contributed by atoms with E-state index in [0.717, 1.165) is 33.5 Å². The Balaban J connectivity index is 1.75. The number of ether oxygens (including phenoxy) is 2. The van der Waals surface area contributed by atoms with Gasteiger partial charge in [0.15, 0.2) is 0 Å². The number of benzene rings is 1. The third-order valence-corrected chi connectivity index (χ3v) is 4.37. The van der Waals surface area contributed by atoms with Crippen molar-refractivity contribution in [3.63, 3.8) is 0 Å². The summed E-state index contributed by atoms with van der Waals surface area (Å²) in [6, 6.07) is 15.4. The van der Waals surface area contributed by atoms with E-state index in [4.69, 9.17) is 9.47 Å². The van der Waals surface area contributed by atoms with Crippen LogP contribution in [0.3, 0.4) is 0 Å². The van der Waals surface area contributed by atoms with Crippen LogP contribution >= 0.6 is 11.8 Å². The zero-order valence-corrected chi connectivity index (χ0v) is 14.3. The maximum Gasteiger partial charge on any atom is 0.132 e. The fourth-order valence-corrected chi connectivity index (χ4v) is 2.91. The molecule has 24 heavy (non-hydrogen) atoms. The number of hydrogen-bond acceptors (Lipinski definition) is 6. The molecular formula is C18H17N3O2S. The van der Waals surface area contributed by atoms with E-state index in [1.54, 1.807) is 32.2 Å². The molecule has 0 amide bonds. The van der Waals surface area contributed by atoms with Gasteiger partial charge in [0, 0.05) is 23.6 Å². The van der Waals surface area contributed by atoms with E-state index in [-0.39, 0.29) is 0 Å². The van der Waals surface area contributed by atoms with Crippen LogP contribution in [0.1, 0.15) is 5.69 Å². The van der Waals surface area contributed by atoms with Gasteiger partial charge in [-0.15, -0.1) is 10.2 Å². The Hall–Kier alpha value is -2.60. The van der Waals surface area contributed by atoms with E-state index in [9.17, 15) is 0 Å². The van der Waals surface area contributed by atoms with E-state index in [1.807, 2.05) is 48.5 Å². The van der Waals surface area contributed by atoms with Gasteiger partial charge in [-0.1, -0.05) is 17.8 Å². The Morgan fingerprint density at radius 2 is 1.88 bits per heavy atom. The number of rotatable bonds is 6. The van der Waals surface area contributed by atoms with Crippen molar-refractivity contribution in [1.29, 1.82) is 0 Å². The van der Waals surface area contributed by atoms with E-state index >= 15 is 0 Å². The van der Waals surface area contributed by atoms with Crippen molar-refractivity contribution in [2.24, 2.45) is 0 Å². The van der Waals surface area contributed by atoms with E-state index in [1.165, 1.54) is 0 Å². The molecule has 3 rings (SSSR count). The maximum atomic E-state index is 5.42. The van der Waals surface area contributed by atoms with Crippen molar-refractivity contribution >= 4 is 11.8 Å². The van der Waals surface area contributed by atoms with Crippen molar-refractivity contribution < 1.29 is 9.47 Å². The van der Waals surface area contributed by atoms with Gasteiger partial charge in [0.05, 0.1) is 25.6 Å². The average Bonchev–Trinajstić information content (AvgIpc) is 2.67. The summed E-state index contributed by atoms with van der Waals surface area (Å²) in [5, 5.41) is 9.46. The lowest BCUT2D eigenvalue weighted by molar-refractivity contribution is 0.395. The van der Waals surface area contributed by atoms with Crippen LogP contribution in [0.4, 0.5) is 0 Å². The summed E-state index contributed by atoms with van der Waals surface area (Å²) >= 11 is 1.61. The van der Waals surface area contributed by atoms with Crippen LogP contribution in [0.2, 0.25) is 0 Å². The average molecular weight is 339 g/mol. The second-order valence-electron chi connectivity index (χ2n) is 4.93. The van der Waals surface area contributed by atoms with Gasteiger partial charge in [-0.25, -0.2) is 0 Å². The number of pyridine rings is 1. The highest BCUT2D eigenvalue weighted by molar-refractivity contribution is 7.98. The first-order valence-electron chi connectivity index (χ1n) is 7.39. The molecule has 0 atom stereocenters. The Morgan fingerprint density at radius 3 is 2.54 bits per heavy atom. The minimum Gasteiger partial charge on any atom is -0.497 e. The molecule has 0 bridgehead atoms. The molecule has 0 unspecified atom stereocenters. The standard InChI is InChI=1S/C18H17N3O2S/c1-22-14-6-7-15(17(11-14)23-2)16-8-9-18(21-20-16)24-12-13-5-3-4-10-19-13/h3-11H,12H2,1-2H3. The Morgan fingerprint density at radius 1 is 0.958 bits per heavy atom. The SMILES string of the molecule is COc1ccc(-c2ccc(SCc3ccccn3)nn2)c(OC)c1. The Kier molecular flexibility index (Phi) is 5.28. The highest BCUT2D eigenvalue weighted by Gasteiger charge is 2.10. The zero-order chi connectivity index (χ0) is 16.8. The van der Waals surface area contributed by atoms with Crippen LogP contribution in [-0.4, -0.2) is 29.4 Å². The lowest BCUT2D eigenvalue weighted by Crippen LogP contribution is -1.94. The quantitative estimate of drug-likeness (QED) is 0.636. The molecule has 0 saturated heterocycles. The minimum atomic E-state index is 0.706. The van der Waals surface area contributed by atoms with Gasteiger partial charge >= 0.3 is 0 Å². The van der Waals surface area contributed by atoms with Crippen LogP contribution in [0, 0.1) is 0 Å². The van der Waals surface area contributed by atoms with E-state index in [2.05, 4.69) is 15.2 Å². The van der Waals surface area contributed by atoms with E-state index < -0.39 is 0 Å². The smallest absolute Gasteiger partial charge is 0.132 e. The fourth-order valence-electron chi connectivity index (χ4n) is 2.18. The molecule has 0 spiro atoms. The second kappa shape index (κ2) is 7.79. The summed E-state index contributed by atoms with van der Waals surface area (Å²) in [5.41, 5.74) is 2.66. The summed E-state index contributed by atoms with van der Waals surface area (Å²) in [6.07, 6.45) is 1.79. The Bertz CT molecular complexity index is 795. The van der Waals surface area contributed by atoms with Crippen LogP contribution in [-0.2, 0) is 5.75 Å². The first-order valence-corrected chi connectivity index (χ1v) is 8.37. The summed E-state index contributed by atoms with van der Waals surface area (Å²) in [7, 11) is 3.25. The zero-order valence-electron chi connectivity index (χ0n) is 13.5. The molecule has 5 nitrogen and oxygen atoms in total. The van der Waals surface area contributed by atoms with Crippen molar-refractivity contribution in [3.05, 3.63) is 60.4 Å². The predicted molar refractivity (Wildman–Crippen MR) is 94.4 cm³/mol. The molecule has 2 heterocycles. The molecule has 0 fully saturated rings. The molecular weight excluding hydrogens is 322 g/mol. The number of hydrogen-bond donors (Lipinski definition) is 0. The summed E-state index contributed by atoms with van der Waals surface area (Å²) in [6.45, 7) is 0. The summed E-state index contributed by atoms with van der Waals surface area (Å²) in [5.74, 6) is 2.21. The molecule has 0 aliphatic rings. The topological polar surface area (TPSA) is 57.1 Å². The number of methoxy groups -OCH3 is 2. The lowest BCUT2D eigenvalue weighted by Gasteiger charge is -2.09. The van der Waals surface area contributed by atoms with Crippen molar-refractivity contribution in [3.8, 4) is 22.8 Å². The molecule has 2 aromatic heterocycles. The Labute approximate surface area is 145 Å². The van der Waals surface area contributed by atoms with Crippen molar-refractivity contribution in [1.82, 2.24) is 15.2 Å². The molecule has 6 heteroatoms. The van der Waals surface area contributed by atoms with Gasteiger partial charge < -0.3 is 9.47 Å². The molecule has 3 aromatic rings. The molecule has 122 valence electrons. The highest BCUT2D eigenvalue weighted by Crippen LogP contribution is 2.32. The van der Waals surface area contributed by atoms with Gasteiger partial charge in [-0.05, 0) is 36.4 Å². The summed E-state index contributed by atoms with van der Waals surface area (Å²) in [4.78, 5) is 4.30. The largest absolute Gasteiger partial charge is 0.497 e. The molecule has 0 N–H and O–H groups in total. The molecule has 0 aliphatic heterocycles. The second-order valence-corrected chi connectivity index (χ2v) is 5.93. The van der Waals surface area contributed by atoms with Crippen LogP contribution in [0.25, 0.3) is 11.3 Å². The summed E-state index contributed by atoms with van der Waals surface area (Å²) < 4.78 is 10.6. The van der Waals surface area contributed by atoms with Crippen LogP contribution in [0.5, 0.6) is 11.5 Å². The highest BCUT2D eigenvalue weighted by atomic mass is 32.2. The van der Waals surface area contributed by atoms with Gasteiger partial charge in [-0.3, -0.25) is 4.98 Å². The molecule has 1 aromatic carbocycles. The third kappa shape index (κ3) is 3.83. The number of nitrogens with zero attached hydrogens (tertiary/aromatic N) is 3. The van der Waals surface area contributed by atoms with Crippen LogP contribution in [0.15, 0.2) is 59.8 Å². The first kappa shape index (κ1) is 16.3. The van der Waals surface area contributed by atoms with Gasteiger partial charge in [-0.2, -0.15) is 0 Å². The number of aromatic nitrogens is 3. The fraction of sp³-hybridized carbons (Fsp3) is 0.167. The molecule has 0 saturated carbocycles. The van der Waals surface area contributed by atoms with Crippen molar-refractivity contribution in [2.75, 3.05) is 14.2 Å². The molecule has 0 radical (unpaired) electrons. The van der Waals surface area contributed by atoms with Gasteiger partial charge in [0.25, 0.3) is 0 Å². The normalized spacial score (nSPS) is 10.4. The minimum absolute atomic E-state index is 0.706. The predicted octanol–water partition coefficient (Wildman–Crippen LogP) is 3.85. The van der Waals surface area contributed by atoms with Gasteiger partial charge in [0.2, 0.25) is 0 Å². The van der Waals surface area contributed by atoms with Crippen molar-refractivity contribution in [2.45, 2.75) is 10.8 Å². The van der Waals surface area contributed by atoms with Crippen LogP contribution < -0.4 is 9.47 Å². The molecule has 0 aliphatic carbocycles. The number of thioether (sulfide) groups is 1. The van der Waals surface area contributed by atoms with Gasteiger partial charge in [0.1, 0.15) is 16.5 Å². The third-order valence-electron chi connectivity index (χ3n) is 3.42. The monoisotopic (exact) mass is 339 g/mol. The maximum absolute atomic E-state index is 5.42. The lowest BCUT2D eigenvalue weighted by atomic mass is 10.1.